The first-order valence-electron chi connectivity index (χ1n) is 4.37. The summed E-state index contributed by atoms with van der Waals surface area (Å²) in [5.41, 5.74) is 2.31. The zero-order chi connectivity index (χ0) is 9.26. The largest absolute Gasteiger partial charge is 0.331 e. The molecule has 0 spiro atoms. The van der Waals surface area contributed by atoms with Gasteiger partial charge in [0.2, 0.25) is 0 Å². The van der Waals surface area contributed by atoms with Crippen molar-refractivity contribution in [2.75, 3.05) is 7.05 Å². The predicted octanol–water partition coefficient (Wildman–Crippen LogP) is 1.29. The lowest BCUT2D eigenvalue weighted by atomic mass is 10.3. The first kappa shape index (κ1) is 8.26. The van der Waals surface area contributed by atoms with Crippen LogP contribution in [0, 0.1) is 0 Å². The van der Waals surface area contributed by atoms with Crippen molar-refractivity contribution in [2.45, 2.75) is 6.54 Å². The summed E-state index contributed by atoms with van der Waals surface area (Å²) < 4.78 is 2.12. The first-order chi connectivity index (χ1) is 6.33. The number of hydrogen-bond donors (Lipinski definition) is 1. The molecule has 0 bridgehead atoms. The smallest absolute Gasteiger partial charge is 0.139 e. The quantitative estimate of drug-likeness (QED) is 0.745. The van der Waals surface area contributed by atoms with Crippen molar-refractivity contribution in [2.24, 2.45) is 7.05 Å². The third kappa shape index (κ3) is 1.31. The maximum Gasteiger partial charge on any atom is 0.139 e. The normalized spacial score (nSPS) is 10.9. The Kier molecular flexibility index (Phi) is 2.02. The fourth-order valence-electron chi connectivity index (χ4n) is 1.57. The Bertz CT molecular complexity index is 417. The summed E-state index contributed by atoms with van der Waals surface area (Å²) >= 11 is 0. The van der Waals surface area contributed by atoms with Crippen LogP contribution in [-0.2, 0) is 13.6 Å². The molecule has 0 aliphatic heterocycles. The Morgan fingerprint density at radius 1 is 1.54 bits per heavy atom. The highest BCUT2D eigenvalue weighted by Gasteiger charge is 2.03. The lowest BCUT2D eigenvalue weighted by molar-refractivity contribution is 0.742. The Morgan fingerprint density at radius 2 is 2.38 bits per heavy atom. The maximum absolute atomic E-state index is 4.32. The van der Waals surface area contributed by atoms with Crippen LogP contribution in [0.15, 0.2) is 24.4 Å². The molecule has 0 atom stereocenters. The summed E-state index contributed by atoms with van der Waals surface area (Å²) in [4.78, 5) is 4.32. The van der Waals surface area contributed by atoms with Gasteiger partial charge in [0.25, 0.3) is 0 Å². The first-order valence-corrected chi connectivity index (χ1v) is 4.37. The fraction of sp³-hybridized carbons (Fsp3) is 0.300. The summed E-state index contributed by atoms with van der Waals surface area (Å²) in [6, 6.07) is 6.21. The molecular weight excluding hydrogens is 162 g/mol. The van der Waals surface area contributed by atoms with Gasteiger partial charge in [0.1, 0.15) is 5.65 Å². The third-order valence-corrected chi connectivity index (χ3v) is 2.25. The monoisotopic (exact) mass is 175 g/mol. The van der Waals surface area contributed by atoms with Crippen LogP contribution in [0.2, 0.25) is 0 Å². The molecule has 0 saturated heterocycles. The van der Waals surface area contributed by atoms with Gasteiger partial charge in [-0.05, 0) is 25.2 Å². The van der Waals surface area contributed by atoms with E-state index in [9.17, 15) is 0 Å². The number of fused-ring (bicyclic) bond motifs is 1. The minimum absolute atomic E-state index is 0.882. The van der Waals surface area contributed by atoms with E-state index in [2.05, 4.69) is 27.0 Å². The zero-order valence-electron chi connectivity index (χ0n) is 7.91. The SMILES string of the molecule is CNCc1cc2cccnc2n1C. The molecule has 2 rings (SSSR count). The number of aromatic nitrogens is 2. The van der Waals surface area contributed by atoms with Crippen molar-refractivity contribution in [1.82, 2.24) is 14.9 Å². The number of hydrogen-bond acceptors (Lipinski definition) is 2. The Balaban J connectivity index is 2.60. The average Bonchev–Trinajstić information content (AvgIpc) is 2.46. The van der Waals surface area contributed by atoms with E-state index >= 15 is 0 Å². The Morgan fingerprint density at radius 3 is 3.08 bits per heavy atom. The van der Waals surface area contributed by atoms with E-state index in [1.165, 1.54) is 11.1 Å². The molecule has 0 saturated carbocycles. The lowest BCUT2D eigenvalue weighted by Crippen LogP contribution is -2.08. The van der Waals surface area contributed by atoms with E-state index < -0.39 is 0 Å². The second-order valence-electron chi connectivity index (χ2n) is 3.14. The summed E-state index contributed by atoms with van der Waals surface area (Å²) in [5.74, 6) is 0. The number of nitrogens with one attached hydrogen (secondary N) is 1. The molecule has 3 nitrogen and oxygen atoms in total. The van der Waals surface area contributed by atoms with Gasteiger partial charge in [-0.15, -0.1) is 0 Å². The molecule has 0 aliphatic carbocycles. The van der Waals surface area contributed by atoms with Crippen LogP contribution in [0.25, 0.3) is 11.0 Å². The lowest BCUT2D eigenvalue weighted by Gasteiger charge is -2.01. The molecule has 0 aromatic carbocycles. The van der Waals surface area contributed by atoms with Crippen molar-refractivity contribution < 1.29 is 0 Å². The summed E-state index contributed by atoms with van der Waals surface area (Å²) in [6.45, 7) is 0.882. The summed E-state index contributed by atoms with van der Waals surface area (Å²) in [7, 11) is 3.99. The molecule has 0 unspecified atom stereocenters. The van der Waals surface area contributed by atoms with Crippen LogP contribution in [0.3, 0.4) is 0 Å². The fourth-order valence-corrected chi connectivity index (χ4v) is 1.57. The molecule has 13 heavy (non-hydrogen) atoms. The minimum Gasteiger partial charge on any atom is -0.331 e. The molecule has 0 radical (unpaired) electrons. The van der Waals surface area contributed by atoms with E-state index in [1.807, 2.05) is 26.4 Å². The van der Waals surface area contributed by atoms with Crippen molar-refractivity contribution in [3.8, 4) is 0 Å². The van der Waals surface area contributed by atoms with Gasteiger partial charge in [0.05, 0.1) is 0 Å². The van der Waals surface area contributed by atoms with Crippen LogP contribution in [0.1, 0.15) is 5.69 Å². The van der Waals surface area contributed by atoms with Gasteiger partial charge >= 0.3 is 0 Å². The molecule has 2 heterocycles. The highest BCUT2D eigenvalue weighted by atomic mass is 15.0. The third-order valence-electron chi connectivity index (χ3n) is 2.25. The second kappa shape index (κ2) is 3.18. The Labute approximate surface area is 77.4 Å². The van der Waals surface area contributed by atoms with Crippen LogP contribution < -0.4 is 5.32 Å². The van der Waals surface area contributed by atoms with Crippen LogP contribution in [-0.4, -0.2) is 16.6 Å². The molecule has 3 heteroatoms. The summed E-state index contributed by atoms with van der Waals surface area (Å²) in [5, 5.41) is 4.34. The number of nitrogens with zero attached hydrogens (tertiary/aromatic N) is 2. The van der Waals surface area contributed by atoms with E-state index in [0.717, 1.165) is 12.2 Å². The number of aryl methyl sites for hydroxylation is 1. The van der Waals surface area contributed by atoms with E-state index in [-0.39, 0.29) is 0 Å². The van der Waals surface area contributed by atoms with Crippen molar-refractivity contribution in [3.63, 3.8) is 0 Å². The topological polar surface area (TPSA) is 29.9 Å². The van der Waals surface area contributed by atoms with Gasteiger partial charge in [-0.25, -0.2) is 4.98 Å². The van der Waals surface area contributed by atoms with Crippen LogP contribution >= 0.6 is 0 Å². The van der Waals surface area contributed by atoms with Crippen LogP contribution in [0.5, 0.6) is 0 Å². The molecule has 0 amide bonds. The maximum atomic E-state index is 4.32. The molecule has 0 fully saturated rings. The molecule has 2 aromatic heterocycles. The predicted molar refractivity (Wildman–Crippen MR) is 53.5 cm³/mol. The highest BCUT2D eigenvalue weighted by Crippen LogP contribution is 2.15. The van der Waals surface area contributed by atoms with E-state index in [4.69, 9.17) is 0 Å². The van der Waals surface area contributed by atoms with E-state index in [0.29, 0.717) is 0 Å². The second-order valence-corrected chi connectivity index (χ2v) is 3.14. The highest BCUT2D eigenvalue weighted by molar-refractivity contribution is 5.77. The Hall–Kier alpha value is -1.35. The van der Waals surface area contributed by atoms with Gasteiger partial charge in [-0.1, -0.05) is 0 Å². The van der Waals surface area contributed by atoms with Gasteiger partial charge in [0, 0.05) is 30.9 Å². The van der Waals surface area contributed by atoms with Gasteiger partial charge in [-0.2, -0.15) is 0 Å². The van der Waals surface area contributed by atoms with Gasteiger partial charge < -0.3 is 9.88 Å². The number of pyridine rings is 1. The molecule has 1 N–H and O–H groups in total. The van der Waals surface area contributed by atoms with Gasteiger partial charge in [0.15, 0.2) is 0 Å². The molecule has 2 aromatic rings. The molecule has 0 aliphatic rings. The molecular formula is C10H13N3. The van der Waals surface area contributed by atoms with Crippen molar-refractivity contribution in [1.29, 1.82) is 0 Å². The average molecular weight is 175 g/mol. The van der Waals surface area contributed by atoms with Crippen molar-refractivity contribution >= 4 is 11.0 Å². The summed E-state index contributed by atoms with van der Waals surface area (Å²) in [6.07, 6.45) is 1.82. The molecule has 68 valence electrons. The van der Waals surface area contributed by atoms with E-state index in [1.54, 1.807) is 0 Å². The minimum atomic E-state index is 0.882. The standard InChI is InChI=1S/C10H13N3/c1-11-7-9-6-8-4-3-5-12-10(8)13(9)2/h3-6,11H,7H2,1-2H3. The van der Waals surface area contributed by atoms with Crippen LogP contribution in [0.4, 0.5) is 0 Å². The van der Waals surface area contributed by atoms with Gasteiger partial charge in [-0.3, -0.25) is 0 Å². The number of rotatable bonds is 2. The zero-order valence-corrected chi connectivity index (χ0v) is 7.91. The van der Waals surface area contributed by atoms with Crippen molar-refractivity contribution in [3.05, 3.63) is 30.1 Å².